The van der Waals surface area contributed by atoms with Crippen molar-refractivity contribution in [2.24, 2.45) is 0 Å². The van der Waals surface area contributed by atoms with Crippen LogP contribution in [-0.2, 0) is 19.7 Å². The quantitative estimate of drug-likeness (QED) is 0.688. The molecule has 1 aromatic rings. The minimum absolute atomic E-state index is 0.0434. The van der Waals surface area contributed by atoms with Gasteiger partial charge in [-0.05, 0) is 64.0 Å². The van der Waals surface area contributed by atoms with Gasteiger partial charge in [0.15, 0.2) is 19.7 Å². The third kappa shape index (κ3) is 4.75. The van der Waals surface area contributed by atoms with Gasteiger partial charge in [0.2, 0.25) is 0 Å². The van der Waals surface area contributed by atoms with E-state index in [2.05, 4.69) is 24.1 Å². The molecule has 2 saturated heterocycles. The summed E-state index contributed by atoms with van der Waals surface area (Å²) in [4.78, 5) is 2.33. The molecule has 0 saturated carbocycles. The lowest BCUT2D eigenvalue weighted by atomic mass is 9.98. The fourth-order valence-corrected chi connectivity index (χ4v) is 8.82. The zero-order valence-corrected chi connectivity index (χ0v) is 18.0. The predicted molar refractivity (Wildman–Crippen MR) is 107 cm³/mol. The Morgan fingerprint density at radius 2 is 1.71 bits per heavy atom. The average Bonchev–Trinajstić information content (AvgIpc) is 2.97. The monoisotopic (exact) mass is 432 g/mol. The number of nitrogens with zero attached hydrogens (tertiary/aromatic N) is 1. The second kappa shape index (κ2) is 8.01. The van der Waals surface area contributed by atoms with Gasteiger partial charge in [0.1, 0.15) is 5.82 Å². The van der Waals surface area contributed by atoms with E-state index in [0.717, 1.165) is 38.1 Å². The molecule has 0 aliphatic carbocycles. The lowest BCUT2D eigenvalue weighted by Crippen LogP contribution is -2.56. The van der Waals surface area contributed by atoms with Crippen LogP contribution in [-0.4, -0.2) is 69.7 Å². The van der Waals surface area contributed by atoms with Crippen LogP contribution in [0.4, 0.5) is 4.39 Å². The fraction of sp³-hybridized carbons (Fsp3) is 0.684. The van der Waals surface area contributed by atoms with Crippen LogP contribution in [0, 0.1) is 5.82 Å². The number of halogens is 1. The highest BCUT2D eigenvalue weighted by Gasteiger charge is 2.46. The lowest BCUT2D eigenvalue weighted by Gasteiger charge is -2.42. The average molecular weight is 433 g/mol. The molecule has 0 amide bonds. The third-order valence-corrected chi connectivity index (χ3v) is 10.0. The SMILES string of the molecule is CC(C)(CN[C@H]1CS(=O)(=O)C[C@@H]1S(=O)(=O)c1ccc(F)cc1)N1CCCCC1. The summed E-state index contributed by atoms with van der Waals surface area (Å²) in [6, 6.07) is 3.88. The molecule has 158 valence electrons. The second-order valence-corrected chi connectivity index (χ2v) is 12.8. The molecule has 3 rings (SSSR count). The molecule has 0 bridgehead atoms. The van der Waals surface area contributed by atoms with Crippen molar-refractivity contribution in [1.29, 1.82) is 0 Å². The molecule has 28 heavy (non-hydrogen) atoms. The third-order valence-electron chi connectivity index (χ3n) is 5.85. The fourth-order valence-electron chi connectivity index (χ4n) is 4.10. The van der Waals surface area contributed by atoms with E-state index in [-0.39, 0.29) is 16.2 Å². The molecule has 2 heterocycles. The maximum absolute atomic E-state index is 13.2. The summed E-state index contributed by atoms with van der Waals surface area (Å²) in [6.45, 7) is 6.68. The molecule has 0 radical (unpaired) electrons. The minimum Gasteiger partial charge on any atom is -0.310 e. The Morgan fingerprint density at radius 1 is 1.11 bits per heavy atom. The molecule has 1 N–H and O–H groups in total. The van der Waals surface area contributed by atoms with Crippen LogP contribution in [0.15, 0.2) is 29.2 Å². The van der Waals surface area contributed by atoms with Crippen LogP contribution in [0.5, 0.6) is 0 Å². The first kappa shape index (κ1) is 21.7. The van der Waals surface area contributed by atoms with Crippen molar-refractivity contribution in [2.75, 3.05) is 31.1 Å². The summed E-state index contributed by atoms with van der Waals surface area (Å²) in [5.74, 6) is -1.14. The molecule has 2 aliphatic heterocycles. The van der Waals surface area contributed by atoms with Crippen molar-refractivity contribution in [3.05, 3.63) is 30.1 Å². The van der Waals surface area contributed by atoms with Gasteiger partial charge in [-0.3, -0.25) is 4.90 Å². The van der Waals surface area contributed by atoms with Gasteiger partial charge in [-0.2, -0.15) is 0 Å². The van der Waals surface area contributed by atoms with E-state index in [1.54, 1.807) is 0 Å². The Hall–Kier alpha value is -1.03. The van der Waals surface area contributed by atoms with E-state index in [0.29, 0.717) is 6.54 Å². The molecular formula is C19H29FN2O4S2. The molecule has 2 atom stereocenters. The number of hydrogen-bond donors (Lipinski definition) is 1. The summed E-state index contributed by atoms with van der Waals surface area (Å²) in [5, 5.41) is 2.17. The summed E-state index contributed by atoms with van der Waals surface area (Å²) in [7, 11) is -7.36. The van der Waals surface area contributed by atoms with Gasteiger partial charge in [0.25, 0.3) is 0 Å². The van der Waals surface area contributed by atoms with Crippen LogP contribution in [0.25, 0.3) is 0 Å². The number of rotatable bonds is 6. The van der Waals surface area contributed by atoms with Gasteiger partial charge in [0, 0.05) is 18.1 Å². The van der Waals surface area contributed by atoms with Gasteiger partial charge in [-0.25, -0.2) is 21.2 Å². The van der Waals surface area contributed by atoms with Crippen molar-refractivity contribution < 1.29 is 21.2 Å². The van der Waals surface area contributed by atoms with Crippen LogP contribution in [0.1, 0.15) is 33.1 Å². The van der Waals surface area contributed by atoms with Crippen molar-refractivity contribution >= 4 is 19.7 Å². The Morgan fingerprint density at radius 3 is 2.32 bits per heavy atom. The number of piperidine rings is 1. The predicted octanol–water partition coefficient (Wildman–Crippen LogP) is 1.62. The number of hydrogen-bond acceptors (Lipinski definition) is 6. The van der Waals surface area contributed by atoms with E-state index in [9.17, 15) is 21.2 Å². The van der Waals surface area contributed by atoms with Gasteiger partial charge in [-0.1, -0.05) is 6.42 Å². The maximum atomic E-state index is 13.2. The first-order chi connectivity index (χ1) is 13.0. The smallest absolute Gasteiger partial charge is 0.183 e. The van der Waals surface area contributed by atoms with Crippen molar-refractivity contribution in [3.8, 4) is 0 Å². The van der Waals surface area contributed by atoms with Crippen LogP contribution < -0.4 is 5.32 Å². The van der Waals surface area contributed by atoms with Crippen molar-refractivity contribution in [2.45, 2.75) is 54.8 Å². The van der Waals surface area contributed by atoms with Crippen molar-refractivity contribution in [3.63, 3.8) is 0 Å². The van der Waals surface area contributed by atoms with Gasteiger partial charge in [-0.15, -0.1) is 0 Å². The molecule has 1 aromatic carbocycles. The molecule has 2 fully saturated rings. The highest BCUT2D eigenvalue weighted by atomic mass is 32.2. The van der Waals surface area contributed by atoms with Gasteiger partial charge >= 0.3 is 0 Å². The number of benzene rings is 1. The van der Waals surface area contributed by atoms with Crippen LogP contribution >= 0.6 is 0 Å². The number of sulfone groups is 2. The van der Waals surface area contributed by atoms with E-state index in [1.807, 2.05) is 0 Å². The number of likely N-dealkylation sites (tertiary alicyclic amines) is 1. The summed E-state index contributed by atoms with van der Waals surface area (Å²) in [6.07, 6.45) is 3.50. The molecule has 6 nitrogen and oxygen atoms in total. The van der Waals surface area contributed by atoms with Gasteiger partial charge in [0.05, 0.1) is 21.7 Å². The lowest BCUT2D eigenvalue weighted by molar-refractivity contribution is 0.0925. The van der Waals surface area contributed by atoms with E-state index in [4.69, 9.17) is 0 Å². The first-order valence-corrected chi connectivity index (χ1v) is 13.1. The zero-order valence-electron chi connectivity index (χ0n) is 16.4. The standard InChI is InChI=1S/C19H29FN2O4S2/c1-19(2,22-10-4-3-5-11-22)14-21-17-12-27(23,24)13-18(17)28(25,26)16-8-6-15(20)7-9-16/h6-9,17-18,21H,3-5,10-14H2,1-2H3/t17-,18-/m0/s1. The largest absolute Gasteiger partial charge is 0.310 e. The second-order valence-electron chi connectivity index (χ2n) is 8.46. The first-order valence-electron chi connectivity index (χ1n) is 9.70. The Balaban J connectivity index is 1.77. The highest BCUT2D eigenvalue weighted by molar-refractivity contribution is 7.96. The van der Waals surface area contributed by atoms with Gasteiger partial charge < -0.3 is 5.32 Å². The number of nitrogens with one attached hydrogen (secondary N) is 1. The molecule has 9 heteroatoms. The normalized spacial score (nSPS) is 26.4. The molecule has 0 spiro atoms. The Labute approximate surface area is 167 Å². The van der Waals surface area contributed by atoms with E-state index < -0.39 is 42.5 Å². The molecule has 0 aromatic heterocycles. The van der Waals surface area contributed by atoms with E-state index >= 15 is 0 Å². The topological polar surface area (TPSA) is 83.5 Å². The summed E-state index contributed by atoms with van der Waals surface area (Å²) >= 11 is 0. The minimum atomic E-state index is -3.89. The summed E-state index contributed by atoms with van der Waals surface area (Å²) in [5.41, 5.74) is -0.197. The Bertz CT molecular complexity index is 892. The maximum Gasteiger partial charge on any atom is 0.183 e. The zero-order chi connectivity index (χ0) is 20.6. The summed E-state index contributed by atoms with van der Waals surface area (Å²) < 4.78 is 63.7. The van der Waals surface area contributed by atoms with Crippen molar-refractivity contribution in [1.82, 2.24) is 10.2 Å². The van der Waals surface area contributed by atoms with E-state index in [1.165, 1.54) is 18.6 Å². The molecule has 2 aliphatic rings. The highest BCUT2D eigenvalue weighted by Crippen LogP contribution is 2.27. The van der Waals surface area contributed by atoms with Crippen LogP contribution in [0.2, 0.25) is 0 Å². The Kier molecular flexibility index (Phi) is 6.20. The molecule has 0 unspecified atom stereocenters. The van der Waals surface area contributed by atoms with Crippen LogP contribution in [0.3, 0.4) is 0 Å². The molecular weight excluding hydrogens is 403 g/mol.